The molecule has 3 heterocycles. The van der Waals surface area contributed by atoms with E-state index >= 15 is 0 Å². The maximum absolute atomic E-state index is 13.5. The van der Waals surface area contributed by atoms with Crippen molar-refractivity contribution < 1.29 is 13.2 Å². The van der Waals surface area contributed by atoms with Gasteiger partial charge in [-0.15, -0.1) is 0 Å². The topological polar surface area (TPSA) is 8.51 Å². The van der Waals surface area contributed by atoms with E-state index in [0.29, 0.717) is 0 Å². The van der Waals surface area contributed by atoms with Gasteiger partial charge >= 0.3 is 0 Å². The smallest absolute Gasteiger partial charge is 0.207 e. The summed E-state index contributed by atoms with van der Waals surface area (Å²) < 4.78 is 31.0. The monoisotopic (exact) mass is 305 g/mol. The minimum Gasteiger partial charge on any atom is -0.207 e. The van der Waals surface area contributed by atoms with Crippen molar-refractivity contribution in [3.63, 3.8) is 0 Å². The molecule has 0 radical (unpaired) electrons. The second kappa shape index (κ2) is 4.26. The highest BCUT2D eigenvalue weighted by atomic mass is 19.1. The van der Waals surface area contributed by atoms with Crippen molar-refractivity contribution in [2.75, 3.05) is 0 Å². The zero-order valence-electron chi connectivity index (χ0n) is 12.0. The van der Waals surface area contributed by atoms with Crippen LogP contribution in [0.25, 0.3) is 33.0 Å². The third-order valence-electron chi connectivity index (χ3n) is 4.32. The van der Waals surface area contributed by atoms with E-state index in [4.69, 9.17) is 0 Å². The zero-order valence-corrected chi connectivity index (χ0v) is 12.0. The van der Waals surface area contributed by atoms with Crippen molar-refractivity contribution in [1.82, 2.24) is 4.40 Å². The van der Waals surface area contributed by atoms with Crippen LogP contribution in [-0.2, 0) is 0 Å². The quantitative estimate of drug-likeness (QED) is 0.378. The van der Waals surface area contributed by atoms with Gasteiger partial charge in [0.15, 0.2) is 5.52 Å². The average Bonchev–Trinajstić information content (AvgIpc) is 2.93. The molecule has 0 atom stereocenters. The number of rotatable bonds is 0. The Morgan fingerprint density at radius 3 is 2.35 bits per heavy atom. The molecule has 5 aromatic rings. The molecule has 2 nitrogen and oxygen atoms in total. The lowest BCUT2D eigenvalue weighted by atomic mass is 10.2. The summed E-state index contributed by atoms with van der Waals surface area (Å²) in [6.45, 7) is 0. The highest BCUT2D eigenvalue weighted by molar-refractivity contribution is 5.85. The second-order valence-electron chi connectivity index (χ2n) is 5.69. The summed E-state index contributed by atoms with van der Waals surface area (Å²) in [5.74, 6) is -0.496. The molecule has 110 valence electrons. The fraction of sp³-hybridized carbons (Fsp3) is 0. The van der Waals surface area contributed by atoms with Gasteiger partial charge in [-0.1, -0.05) is 0 Å². The molecule has 4 heteroatoms. The molecular weight excluding hydrogens is 294 g/mol. The first-order valence-corrected chi connectivity index (χ1v) is 7.34. The van der Waals surface area contributed by atoms with Gasteiger partial charge in [-0.3, -0.25) is 0 Å². The number of nitrogens with zero attached hydrogens (tertiary/aromatic N) is 2. The fourth-order valence-corrected chi connectivity index (χ4v) is 3.30. The molecule has 0 aliphatic heterocycles. The number of fused-ring (bicyclic) bond motifs is 7. The van der Waals surface area contributed by atoms with E-state index in [9.17, 15) is 8.78 Å². The van der Waals surface area contributed by atoms with Crippen LogP contribution in [0, 0.1) is 11.6 Å². The summed E-state index contributed by atoms with van der Waals surface area (Å²) in [5.41, 5.74) is 3.83. The number of imidazole rings is 1. The predicted octanol–water partition coefficient (Wildman–Crippen LogP) is 4.26. The van der Waals surface area contributed by atoms with E-state index in [1.165, 1.54) is 24.3 Å². The molecule has 0 aliphatic rings. The first kappa shape index (κ1) is 12.5. The molecule has 23 heavy (non-hydrogen) atoms. The van der Waals surface area contributed by atoms with Crippen molar-refractivity contribution in [2.45, 2.75) is 0 Å². The average molecular weight is 305 g/mol. The SMILES string of the molecule is Fc1ccc2c(ccc3c[n+]4c5ccc(F)cc5ccc4n32)c1. The van der Waals surface area contributed by atoms with Crippen molar-refractivity contribution in [3.8, 4) is 0 Å². The molecule has 0 bridgehead atoms. The number of aromatic nitrogens is 2. The first-order valence-electron chi connectivity index (χ1n) is 7.34. The van der Waals surface area contributed by atoms with Crippen LogP contribution in [0.3, 0.4) is 0 Å². The Morgan fingerprint density at radius 2 is 1.48 bits per heavy atom. The van der Waals surface area contributed by atoms with Gasteiger partial charge in [-0.25, -0.2) is 8.78 Å². The van der Waals surface area contributed by atoms with Crippen molar-refractivity contribution >= 4 is 33.0 Å². The van der Waals surface area contributed by atoms with E-state index in [1.54, 1.807) is 12.1 Å². The Balaban J connectivity index is 2.03. The normalized spacial score (nSPS) is 11.9. The molecule has 0 fully saturated rings. The Labute approximate surface area is 129 Å². The number of pyridine rings is 2. The van der Waals surface area contributed by atoms with Crippen LogP contribution in [0.2, 0.25) is 0 Å². The zero-order chi connectivity index (χ0) is 15.6. The summed E-state index contributed by atoms with van der Waals surface area (Å²) >= 11 is 0. The van der Waals surface area contributed by atoms with Gasteiger partial charge in [0.2, 0.25) is 0 Å². The van der Waals surface area contributed by atoms with Crippen molar-refractivity contribution in [3.05, 3.63) is 78.5 Å². The van der Waals surface area contributed by atoms with E-state index < -0.39 is 0 Å². The Hall–Kier alpha value is -3.01. The second-order valence-corrected chi connectivity index (χ2v) is 5.69. The molecule has 0 amide bonds. The third kappa shape index (κ3) is 1.69. The minimum absolute atomic E-state index is 0.248. The molecular formula is C19H11F2N2+. The molecule has 0 spiro atoms. The molecule has 0 unspecified atom stereocenters. The summed E-state index contributed by atoms with van der Waals surface area (Å²) in [6.07, 6.45) is 2.01. The number of halogens is 2. The van der Waals surface area contributed by atoms with Gasteiger partial charge < -0.3 is 0 Å². The van der Waals surface area contributed by atoms with Crippen LogP contribution in [0.15, 0.2) is 66.9 Å². The summed E-state index contributed by atoms with van der Waals surface area (Å²) in [4.78, 5) is 0. The van der Waals surface area contributed by atoms with Gasteiger partial charge in [0.05, 0.1) is 0 Å². The first-order chi connectivity index (χ1) is 11.2. The Kier molecular flexibility index (Phi) is 2.32. The summed E-state index contributed by atoms with van der Waals surface area (Å²) in [5, 5.41) is 1.68. The third-order valence-corrected chi connectivity index (χ3v) is 4.32. The molecule has 0 saturated heterocycles. The molecule has 2 aromatic carbocycles. The van der Waals surface area contributed by atoms with E-state index in [2.05, 4.69) is 4.40 Å². The maximum atomic E-state index is 13.5. The van der Waals surface area contributed by atoms with Crippen molar-refractivity contribution in [2.24, 2.45) is 0 Å². The van der Waals surface area contributed by atoms with Crippen LogP contribution < -0.4 is 4.40 Å². The van der Waals surface area contributed by atoms with Crippen LogP contribution in [0.5, 0.6) is 0 Å². The Morgan fingerprint density at radius 1 is 0.739 bits per heavy atom. The lowest BCUT2D eigenvalue weighted by molar-refractivity contribution is -0.479. The van der Waals surface area contributed by atoms with Crippen LogP contribution >= 0.6 is 0 Å². The summed E-state index contributed by atoms with van der Waals surface area (Å²) in [6, 6.07) is 17.3. The van der Waals surface area contributed by atoms with E-state index in [0.717, 1.165) is 33.0 Å². The molecule has 0 N–H and O–H groups in total. The predicted molar refractivity (Wildman–Crippen MR) is 85.5 cm³/mol. The number of hydrogen-bond acceptors (Lipinski definition) is 0. The van der Waals surface area contributed by atoms with Gasteiger partial charge in [0.25, 0.3) is 5.65 Å². The van der Waals surface area contributed by atoms with Crippen LogP contribution in [0.4, 0.5) is 8.78 Å². The fourth-order valence-electron chi connectivity index (χ4n) is 3.30. The van der Waals surface area contributed by atoms with Gasteiger partial charge in [0, 0.05) is 16.8 Å². The molecule has 5 rings (SSSR count). The lowest BCUT2D eigenvalue weighted by Gasteiger charge is -1.99. The molecule has 0 aliphatic carbocycles. The summed E-state index contributed by atoms with van der Waals surface area (Å²) in [7, 11) is 0. The van der Waals surface area contributed by atoms with E-state index in [-0.39, 0.29) is 11.6 Å². The standard InChI is InChI=1S/C19H11F2N2/c20-14-3-6-17-12(9-14)2-8-19-22(17)11-16-5-1-13-10-15(21)4-7-18(13)23(16)19/h1-11H/q+1. The van der Waals surface area contributed by atoms with Gasteiger partial charge in [0.1, 0.15) is 28.9 Å². The van der Waals surface area contributed by atoms with E-state index in [1.807, 2.05) is 34.9 Å². The maximum Gasteiger partial charge on any atom is 0.292 e. The Bertz CT molecular complexity index is 1240. The lowest BCUT2D eigenvalue weighted by Crippen LogP contribution is -2.19. The van der Waals surface area contributed by atoms with Crippen molar-refractivity contribution in [1.29, 1.82) is 0 Å². The number of hydrogen-bond donors (Lipinski definition) is 0. The minimum atomic E-state index is -0.248. The van der Waals surface area contributed by atoms with Crippen LogP contribution in [-0.4, -0.2) is 4.40 Å². The molecule has 0 saturated carbocycles. The van der Waals surface area contributed by atoms with Gasteiger partial charge in [-0.05, 0) is 54.6 Å². The van der Waals surface area contributed by atoms with Gasteiger partial charge in [-0.2, -0.15) is 8.80 Å². The largest absolute Gasteiger partial charge is 0.292 e. The molecule has 3 aromatic heterocycles. The highest BCUT2D eigenvalue weighted by Crippen LogP contribution is 2.22. The van der Waals surface area contributed by atoms with Crippen LogP contribution in [0.1, 0.15) is 0 Å². The highest BCUT2D eigenvalue weighted by Gasteiger charge is 2.17. The number of benzene rings is 2.